The summed E-state index contributed by atoms with van der Waals surface area (Å²) < 4.78 is 5.42. The van der Waals surface area contributed by atoms with Gasteiger partial charge in [0.25, 0.3) is 0 Å². The monoisotopic (exact) mass is 268 g/mol. The van der Waals surface area contributed by atoms with Crippen LogP contribution >= 0.6 is 0 Å². The fourth-order valence-corrected chi connectivity index (χ4v) is 2.06. The molecule has 1 aromatic heterocycles. The van der Waals surface area contributed by atoms with Crippen LogP contribution in [0.4, 0.5) is 17.5 Å². The number of hydrogen-bond acceptors (Lipinski definition) is 8. The first kappa shape index (κ1) is 13.4. The molecule has 2 heterocycles. The molecule has 1 aliphatic rings. The van der Waals surface area contributed by atoms with Crippen molar-refractivity contribution in [3.63, 3.8) is 0 Å². The SMILES string of the molecule is Cc1nc(NN)nc(N2CCOC(C)C2)c1[N+](=O)[O-]. The van der Waals surface area contributed by atoms with Crippen LogP contribution < -0.4 is 16.2 Å². The Labute approximate surface area is 109 Å². The van der Waals surface area contributed by atoms with Crippen LogP contribution in [-0.2, 0) is 4.74 Å². The van der Waals surface area contributed by atoms with Gasteiger partial charge in [0.2, 0.25) is 11.8 Å². The smallest absolute Gasteiger partial charge is 0.332 e. The Kier molecular flexibility index (Phi) is 3.76. The van der Waals surface area contributed by atoms with Crippen LogP contribution in [-0.4, -0.2) is 40.7 Å². The Hall–Kier alpha value is -2.00. The van der Waals surface area contributed by atoms with E-state index in [1.807, 2.05) is 11.8 Å². The van der Waals surface area contributed by atoms with Crippen molar-refractivity contribution in [1.82, 2.24) is 9.97 Å². The van der Waals surface area contributed by atoms with Gasteiger partial charge in [-0.05, 0) is 13.8 Å². The van der Waals surface area contributed by atoms with E-state index in [1.54, 1.807) is 6.92 Å². The van der Waals surface area contributed by atoms with E-state index >= 15 is 0 Å². The second-order valence-corrected chi connectivity index (χ2v) is 4.33. The van der Waals surface area contributed by atoms with E-state index in [0.29, 0.717) is 19.7 Å². The van der Waals surface area contributed by atoms with Gasteiger partial charge in [0.1, 0.15) is 5.69 Å². The molecule has 1 aliphatic heterocycles. The van der Waals surface area contributed by atoms with Crippen LogP contribution in [0.1, 0.15) is 12.6 Å². The van der Waals surface area contributed by atoms with E-state index in [-0.39, 0.29) is 29.3 Å². The van der Waals surface area contributed by atoms with Crippen molar-refractivity contribution in [2.75, 3.05) is 30.0 Å². The molecule has 1 saturated heterocycles. The largest absolute Gasteiger partial charge is 0.375 e. The Bertz CT molecular complexity index is 494. The lowest BCUT2D eigenvalue weighted by Gasteiger charge is -2.31. The molecule has 19 heavy (non-hydrogen) atoms. The molecule has 0 aliphatic carbocycles. The third-order valence-corrected chi connectivity index (χ3v) is 2.89. The zero-order chi connectivity index (χ0) is 14.0. The van der Waals surface area contributed by atoms with Gasteiger partial charge in [-0.15, -0.1) is 0 Å². The van der Waals surface area contributed by atoms with E-state index in [2.05, 4.69) is 15.4 Å². The van der Waals surface area contributed by atoms with Gasteiger partial charge in [-0.1, -0.05) is 0 Å². The summed E-state index contributed by atoms with van der Waals surface area (Å²) in [6.07, 6.45) is -0.00193. The van der Waals surface area contributed by atoms with Gasteiger partial charge in [-0.3, -0.25) is 15.5 Å². The number of nitrogens with zero attached hydrogens (tertiary/aromatic N) is 4. The lowest BCUT2D eigenvalue weighted by Crippen LogP contribution is -2.42. The number of aromatic nitrogens is 2. The number of nitro groups is 1. The van der Waals surface area contributed by atoms with Crippen molar-refractivity contribution in [3.05, 3.63) is 15.8 Å². The summed E-state index contributed by atoms with van der Waals surface area (Å²) in [5.74, 6) is 5.73. The van der Waals surface area contributed by atoms with Gasteiger partial charge >= 0.3 is 5.69 Å². The zero-order valence-corrected chi connectivity index (χ0v) is 10.8. The maximum absolute atomic E-state index is 11.2. The molecule has 0 radical (unpaired) electrons. The van der Waals surface area contributed by atoms with Crippen LogP contribution in [0, 0.1) is 17.0 Å². The predicted molar refractivity (Wildman–Crippen MR) is 68.9 cm³/mol. The van der Waals surface area contributed by atoms with Gasteiger partial charge in [-0.25, -0.2) is 10.8 Å². The highest BCUT2D eigenvalue weighted by Crippen LogP contribution is 2.30. The first-order valence-electron chi connectivity index (χ1n) is 5.89. The average Bonchev–Trinajstić information content (AvgIpc) is 2.37. The second-order valence-electron chi connectivity index (χ2n) is 4.33. The third-order valence-electron chi connectivity index (χ3n) is 2.89. The number of hydrazine groups is 1. The number of anilines is 2. The number of nitrogens with two attached hydrogens (primary N) is 1. The van der Waals surface area contributed by atoms with Crippen LogP contribution in [0.3, 0.4) is 0 Å². The van der Waals surface area contributed by atoms with Crippen LogP contribution in [0.25, 0.3) is 0 Å². The number of morpholine rings is 1. The van der Waals surface area contributed by atoms with Gasteiger partial charge in [-0.2, -0.15) is 4.98 Å². The lowest BCUT2D eigenvalue weighted by molar-refractivity contribution is -0.385. The number of ether oxygens (including phenoxy) is 1. The lowest BCUT2D eigenvalue weighted by atomic mass is 10.2. The maximum atomic E-state index is 11.2. The predicted octanol–water partition coefficient (Wildman–Crippen LogP) is 0.204. The van der Waals surface area contributed by atoms with Crippen molar-refractivity contribution in [3.8, 4) is 0 Å². The summed E-state index contributed by atoms with van der Waals surface area (Å²) in [6, 6.07) is 0. The van der Waals surface area contributed by atoms with Crippen LogP contribution in [0.15, 0.2) is 0 Å². The van der Waals surface area contributed by atoms with Crippen molar-refractivity contribution < 1.29 is 9.66 Å². The summed E-state index contributed by atoms with van der Waals surface area (Å²) in [4.78, 5) is 20.6. The number of rotatable bonds is 3. The third kappa shape index (κ3) is 2.71. The number of hydrogen-bond donors (Lipinski definition) is 2. The number of nitrogen functional groups attached to an aromatic ring is 1. The maximum Gasteiger partial charge on any atom is 0.332 e. The molecule has 0 aromatic carbocycles. The molecule has 1 fully saturated rings. The van der Waals surface area contributed by atoms with Crippen molar-refractivity contribution in [2.45, 2.75) is 20.0 Å². The quantitative estimate of drug-likeness (QED) is 0.453. The molecule has 9 heteroatoms. The van der Waals surface area contributed by atoms with Crippen LogP contribution in [0.5, 0.6) is 0 Å². The highest BCUT2D eigenvalue weighted by atomic mass is 16.6. The minimum atomic E-state index is -0.467. The summed E-state index contributed by atoms with van der Waals surface area (Å²) in [7, 11) is 0. The highest BCUT2D eigenvalue weighted by molar-refractivity contribution is 5.62. The number of aryl methyl sites for hydroxylation is 1. The average molecular weight is 268 g/mol. The molecule has 104 valence electrons. The standard InChI is InChI=1S/C10H16N6O3/c1-6-5-15(3-4-19-6)9-8(16(17)18)7(2)12-10(13-9)14-11/h6H,3-5,11H2,1-2H3,(H,12,13,14). The fraction of sp³-hybridized carbons (Fsp3) is 0.600. The Balaban J connectivity index is 2.46. The zero-order valence-electron chi connectivity index (χ0n) is 10.8. The van der Waals surface area contributed by atoms with Gasteiger partial charge in [0.15, 0.2) is 0 Å². The molecule has 1 atom stereocenters. The normalized spacial score (nSPS) is 19.3. The molecule has 0 amide bonds. The second kappa shape index (κ2) is 5.33. The minimum Gasteiger partial charge on any atom is -0.375 e. The van der Waals surface area contributed by atoms with E-state index in [9.17, 15) is 10.1 Å². The molecule has 9 nitrogen and oxygen atoms in total. The van der Waals surface area contributed by atoms with E-state index in [0.717, 1.165) is 0 Å². The van der Waals surface area contributed by atoms with Crippen molar-refractivity contribution >= 4 is 17.5 Å². The Morgan fingerprint density at radius 3 is 2.89 bits per heavy atom. The molecule has 3 N–H and O–H groups in total. The first-order valence-corrected chi connectivity index (χ1v) is 5.89. The summed E-state index contributed by atoms with van der Waals surface area (Å²) in [6.45, 7) is 5.07. The number of nitrogens with one attached hydrogen (secondary N) is 1. The molecule has 1 unspecified atom stereocenters. The van der Waals surface area contributed by atoms with E-state index in [4.69, 9.17) is 10.6 Å². The summed E-state index contributed by atoms with van der Waals surface area (Å²) in [5.41, 5.74) is 2.51. The molecular weight excluding hydrogens is 252 g/mol. The molecule has 2 rings (SSSR count). The topological polar surface area (TPSA) is 119 Å². The van der Waals surface area contributed by atoms with Crippen LogP contribution in [0.2, 0.25) is 0 Å². The van der Waals surface area contributed by atoms with Crippen molar-refractivity contribution in [2.24, 2.45) is 5.84 Å². The Morgan fingerprint density at radius 2 is 2.32 bits per heavy atom. The van der Waals surface area contributed by atoms with Gasteiger partial charge < -0.3 is 9.64 Å². The Morgan fingerprint density at radius 1 is 1.58 bits per heavy atom. The molecule has 0 bridgehead atoms. The first-order chi connectivity index (χ1) is 9.02. The van der Waals surface area contributed by atoms with E-state index in [1.165, 1.54) is 0 Å². The summed E-state index contributed by atoms with van der Waals surface area (Å²) >= 11 is 0. The highest BCUT2D eigenvalue weighted by Gasteiger charge is 2.29. The summed E-state index contributed by atoms with van der Waals surface area (Å²) in [5, 5.41) is 11.2. The molecule has 1 aromatic rings. The molecule has 0 saturated carbocycles. The van der Waals surface area contributed by atoms with Crippen molar-refractivity contribution in [1.29, 1.82) is 0 Å². The fourth-order valence-electron chi connectivity index (χ4n) is 2.06. The molecular formula is C10H16N6O3. The van der Waals surface area contributed by atoms with Gasteiger partial charge in [0, 0.05) is 13.1 Å². The van der Waals surface area contributed by atoms with E-state index < -0.39 is 4.92 Å². The minimum absolute atomic E-state index is 0.00193. The molecule has 0 spiro atoms. The van der Waals surface area contributed by atoms with Gasteiger partial charge in [0.05, 0.1) is 17.6 Å².